The first-order valence-electron chi connectivity index (χ1n) is 7.25. The summed E-state index contributed by atoms with van der Waals surface area (Å²) in [5, 5.41) is 6.53. The second-order valence-corrected chi connectivity index (χ2v) is 5.43. The van der Waals surface area contributed by atoms with E-state index in [0.29, 0.717) is 11.4 Å². The highest BCUT2D eigenvalue weighted by Gasteiger charge is 2.14. The standard InChI is InChI=1S/C17H20N4O2/c1-10-5-7-14(8-6-10)19-16(22)17(23)21-20-13(4)15-11(2)9-18-12(15)3/h5-9,18H,1-4H3,(H,19,22)(H,21,23)/b20-13+. The molecule has 23 heavy (non-hydrogen) atoms. The van der Waals surface area contributed by atoms with E-state index in [1.54, 1.807) is 19.1 Å². The Balaban J connectivity index is 2.00. The number of benzene rings is 1. The van der Waals surface area contributed by atoms with Gasteiger partial charge in [-0.3, -0.25) is 9.59 Å². The molecule has 0 spiro atoms. The van der Waals surface area contributed by atoms with Gasteiger partial charge in [-0.2, -0.15) is 5.10 Å². The van der Waals surface area contributed by atoms with Crippen molar-refractivity contribution in [3.05, 3.63) is 52.8 Å². The van der Waals surface area contributed by atoms with E-state index in [2.05, 4.69) is 20.8 Å². The smallest absolute Gasteiger partial charge is 0.329 e. The second-order valence-electron chi connectivity index (χ2n) is 5.43. The van der Waals surface area contributed by atoms with Gasteiger partial charge in [0.15, 0.2) is 0 Å². The average molecular weight is 312 g/mol. The first kappa shape index (κ1) is 16.5. The van der Waals surface area contributed by atoms with Crippen LogP contribution in [0.4, 0.5) is 5.69 Å². The number of hydrogen-bond acceptors (Lipinski definition) is 3. The maximum atomic E-state index is 11.8. The third-order valence-corrected chi connectivity index (χ3v) is 3.48. The van der Waals surface area contributed by atoms with Crippen LogP contribution in [0, 0.1) is 20.8 Å². The van der Waals surface area contributed by atoms with E-state index in [1.165, 1.54) is 0 Å². The molecule has 0 saturated carbocycles. The second kappa shape index (κ2) is 6.91. The summed E-state index contributed by atoms with van der Waals surface area (Å²) in [4.78, 5) is 26.7. The highest BCUT2D eigenvalue weighted by Crippen LogP contribution is 2.13. The van der Waals surface area contributed by atoms with Crippen LogP contribution in [-0.4, -0.2) is 22.5 Å². The summed E-state index contributed by atoms with van der Waals surface area (Å²) < 4.78 is 0. The van der Waals surface area contributed by atoms with Crippen molar-refractivity contribution in [2.75, 3.05) is 5.32 Å². The molecule has 0 radical (unpaired) electrons. The van der Waals surface area contributed by atoms with Crippen LogP contribution in [0.25, 0.3) is 0 Å². The molecule has 3 N–H and O–H groups in total. The van der Waals surface area contributed by atoms with Crippen molar-refractivity contribution in [3.63, 3.8) is 0 Å². The van der Waals surface area contributed by atoms with E-state index >= 15 is 0 Å². The summed E-state index contributed by atoms with van der Waals surface area (Å²) in [7, 11) is 0. The monoisotopic (exact) mass is 312 g/mol. The van der Waals surface area contributed by atoms with Crippen LogP contribution in [-0.2, 0) is 9.59 Å². The van der Waals surface area contributed by atoms with E-state index < -0.39 is 11.8 Å². The number of nitrogens with one attached hydrogen (secondary N) is 3. The molecule has 0 fully saturated rings. The molecule has 0 aliphatic heterocycles. The van der Waals surface area contributed by atoms with Gasteiger partial charge in [0.05, 0.1) is 5.71 Å². The third kappa shape index (κ3) is 4.06. The van der Waals surface area contributed by atoms with Crippen molar-refractivity contribution in [2.24, 2.45) is 5.10 Å². The lowest BCUT2D eigenvalue weighted by Gasteiger charge is -2.05. The van der Waals surface area contributed by atoms with Gasteiger partial charge in [0.2, 0.25) is 0 Å². The number of aryl methyl sites for hydroxylation is 3. The van der Waals surface area contributed by atoms with Gasteiger partial charge in [0.1, 0.15) is 0 Å². The molecule has 0 atom stereocenters. The molecule has 2 amide bonds. The zero-order chi connectivity index (χ0) is 17.0. The number of rotatable bonds is 3. The van der Waals surface area contributed by atoms with Crippen LogP contribution in [0.5, 0.6) is 0 Å². The number of carbonyl (C=O) groups is 2. The molecule has 0 aliphatic rings. The van der Waals surface area contributed by atoms with Crippen molar-refractivity contribution in [1.29, 1.82) is 0 Å². The summed E-state index contributed by atoms with van der Waals surface area (Å²) in [6.45, 7) is 7.60. The van der Waals surface area contributed by atoms with Crippen molar-refractivity contribution < 1.29 is 9.59 Å². The lowest BCUT2D eigenvalue weighted by Crippen LogP contribution is -2.33. The topological polar surface area (TPSA) is 86.3 Å². The van der Waals surface area contributed by atoms with E-state index in [0.717, 1.165) is 22.4 Å². The Morgan fingerprint density at radius 3 is 2.26 bits per heavy atom. The molecule has 2 rings (SSSR count). The largest absolute Gasteiger partial charge is 0.364 e. The number of hydrogen-bond donors (Lipinski definition) is 3. The minimum atomic E-state index is -0.809. The van der Waals surface area contributed by atoms with Gasteiger partial charge in [0, 0.05) is 23.1 Å². The average Bonchev–Trinajstić information content (AvgIpc) is 2.85. The van der Waals surface area contributed by atoms with Crippen LogP contribution >= 0.6 is 0 Å². The fourth-order valence-corrected chi connectivity index (χ4v) is 2.28. The predicted molar refractivity (Wildman–Crippen MR) is 90.4 cm³/mol. The Morgan fingerprint density at radius 2 is 1.70 bits per heavy atom. The first-order chi connectivity index (χ1) is 10.9. The zero-order valence-electron chi connectivity index (χ0n) is 13.7. The van der Waals surface area contributed by atoms with Gasteiger partial charge in [-0.05, 0) is 45.4 Å². The Morgan fingerprint density at radius 1 is 1.04 bits per heavy atom. The van der Waals surface area contributed by atoms with Crippen LogP contribution in [0.2, 0.25) is 0 Å². The maximum absolute atomic E-state index is 11.8. The van der Waals surface area contributed by atoms with Crippen molar-refractivity contribution in [1.82, 2.24) is 10.4 Å². The number of nitrogens with zero attached hydrogens (tertiary/aromatic N) is 1. The Hall–Kier alpha value is -2.89. The van der Waals surface area contributed by atoms with Crippen LogP contribution in [0.15, 0.2) is 35.6 Å². The molecule has 0 aliphatic carbocycles. The number of amides is 2. The van der Waals surface area contributed by atoms with E-state index in [1.807, 2.05) is 39.1 Å². The summed E-state index contributed by atoms with van der Waals surface area (Å²) in [5.74, 6) is -1.57. The van der Waals surface area contributed by atoms with Crippen LogP contribution < -0.4 is 10.7 Å². The van der Waals surface area contributed by atoms with Crippen molar-refractivity contribution in [3.8, 4) is 0 Å². The Bertz CT molecular complexity index is 738. The number of aromatic amines is 1. The molecule has 6 heteroatoms. The SMILES string of the molecule is C/C(=N\NC(=O)C(=O)Nc1ccc(C)cc1)c1c(C)c[nH]c1C. The minimum Gasteiger partial charge on any atom is -0.364 e. The molecule has 0 bridgehead atoms. The van der Waals surface area contributed by atoms with Gasteiger partial charge in [-0.1, -0.05) is 17.7 Å². The van der Waals surface area contributed by atoms with Gasteiger partial charge in [0.25, 0.3) is 0 Å². The predicted octanol–water partition coefficient (Wildman–Crippen LogP) is 2.42. The summed E-state index contributed by atoms with van der Waals surface area (Å²) in [6.07, 6.45) is 1.87. The molecule has 1 aromatic heterocycles. The number of aromatic nitrogens is 1. The van der Waals surface area contributed by atoms with E-state index in [-0.39, 0.29) is 0 Å². The number of hydrazone groups is 1. The van der Waals surface area contributed by atoms with Gasteiger partial charge < -0.3 is 10.3 Å². The number of anilines is 1. The van der Waals surface area contributed by atoms with Gasteiger partial charge in [-0.15, -0.1) is 0 Å². The summed E-state index contributed by atoms with van der Waals surface area (Å²) in [5.41, 5.74) is 7.48. The maximum Gasteiger partial charge on any atom is 0.329 e. The van der Waals surface area contributed by atoms with Gasteiger partial charge >= 0.3 is 11.8 Å². The highest BCUT2D eigenvalue weighted by atomic mass is 16.2. The normalized spacial score (nSPS) is 11.2. The Kier molecular flexibility index (Phi) is 4.95. The minimum absolute atomic E-state index is 0.564. The Labute approximate surface area is 135 Å². The lowest BCUT2D eigenvalue weighted by atomic mass is 10.1. The van der Waals surface area contributed by atoms with Crippen molar-refractivity contribution in [2.45, 2.75) is 27.7 Å². The molecule has 0 saturated heterocycles. The molecule has 0 unspecified atom stereocenters. The first-order valence-corrected chi connectivity index (χ1v) is 7.25. The molecule has 120 valence electrons. The number of H-pyrrole nitrogens is 1. The fraction of sp³-hybridized carbons (Fsp3) is 0.235. The summed E-state index contributed by atoms with van der Waals surface area (Å²) >= 11 is 0. The third-order valence-electron chi connectivity index (χ3n) is 3.48. The quantitative estimate of drug-likeness (QED) is 0.462. The molecule has 6 nitrogen and oxygen atoms in total. The van der Waals surface area contributed by atoms with Gasteiger partial charge in [-0.25, -0.2) is 5.43 Å². The molecular formula is C17H20N4O2. The summed E-state index contributed by atoms with van der Waals surface area (Å²) in [6, 6.07) is 7.18. The zero-order valence-corrected chi connectivity index (χ0v) is 13.7. The van der Waals surface area contributed by atoms with Crippen LogP contribution in [0.1, 0.15) is 29.3 Å². The van der Waals surface area contributed by atoms with E-state index in [9.17, 15) is 9.59 Å². The number of carbonyl (C=O) groups excluding carboxylic acids is 2. The van der Waals surface area contributed by atoms with E-state index in [4.69, 9.17) is 0 Å². The molecule has 2 aromatic rings. The fourth-order valence-electron chi connectivity index (χ4n) is 2.28. The molecular weight excluding hydrogens is 292 g/mol. The molecule has 1 heterocycles. The lowest BCUT2D eigenvalue weighted by molar-refractivity contribution is -0.136. The van der Waals surface area contributed by atoms with Crippen LogP contribution in [0.3, 0.4) is 0 Å². The molecule has 1 aromatic carbocycles. The van der Waals surface area contributed by atoms with Crippen molar-refractivity contribution >= 4 is 23.2 Å². The highest BCUT2D eigenvalue weighted by molar-refractivity contribution is 6.39.